The van der Waals surface area contributed by atoms with Crippen LogP contribution in [0.3, 0.4) is 0 Å². The topological polar surface area (TPSA) is 71.9 Å². The number of nitrogens with zero attached hydrogens (tertiary/aromatic N) is 3. The normalized spacial score (nSPS) is 10.6. The van der Waals surface area contributed by atoms with Gasteiger partial charge in [-0.25, -0.2) is 0 Å². The smallest absolute Gasteiger partial charge is 0.258 e. The molecular weight excluding hydrogens is 302 g/mol. The van der Waals surface area contributed by atoms with E-state index in [2.05, 4.69) is 16.2 Å². The Kier molecular flexibility index (Phi) is 4.30. The number of benzene rings is 2. The maximum Gasteiger partial charge on any atom is 0.258 e. The van der Waals surface area contributed by atoms with E-state index in [4.69, 9.17) is 9.26 Å². The summed E-state index contributed by atoms with van der Waals surface area (Å²) in [6, 6.07) is 15.3. The van der Waals surface area contributed by atoms with Crippen LogP contribution in [0.15, 0.2) is 47.0 Å². The third-order valence-corrected chi connectivity index (χ3v) is 3.52. The summed E-state index contributed by atoms with van der Waals surface area (Å²) in [4.78, 5) is 4.45. The van der Waals surface area contributed by atoms with E-state index >= 15 is 0 Å². The lowest BCUT2D eigenvalue weighted by molar-refractivity contribution is 0.242. The van der Waals surface area contributed by atoms with E-state index in [1.54, 1.807) is 12.1 Å². The van der Waals surface area contributed by atoms with E-state index in [1.165, 1.54) is 0 Å². The average Bonchev–Trinajstić information content (AvgIpc) is 3.05. The molecule has 5 heteroatoms. The number of nitriles is 1. The second-order valence-corrected chi connectivity index (χ2v) is 5.73. The summed E-state index contributed by atoms with van der Waals surface area (Å²) in [6.07, 6.45) is 0.000726. The molecule has 3 aromatic rings. The Labute approximate surface area is 140 Å². The van der Waals surface area contributed by atoms with Crippen molar-refractivity contribution in [2.75, 3.05) is 0 Å². The molecule has 0 saturated heterocycles. The quantitative estimate of drug-likeness (QED) is 0.714. The van der Waals surface area contributed by atoms with Crippen LogP contribution in [0, 0.1) is 18.3 Å². The van der Waals surface area contributed by atoms with Crippen molar-refractivity contribution in [1.82, 2.24) is 10.1 Å². The molecule has 5 nitrogen and oxygen atoms in total. The van der Waals surface area contributed by atoms with Gasteiger partial charge in [-0.1, -0.05) is 23.4 Å². The molecule has 1 heterocycles. The van der Waals surface area contributed by atoms with Gasteiger partial charge in [0.15, 0.2) is 0 Å². The van der Waals surface area contributed by atoms with Crippen LogP contribution >= 0.6 is 0 Å². The fourth-order valence-corrected chi connectivity index (χ4v) is 2.38. The van der Waals surface area contributed by atoms with Crippen LogP contribution in [0.2, 0.25) is 0 Å². The number of ether oxygens (including phenoxy) is 1. The Hall–Kier alpha value is -3.13. The van der Waals surface area contributed by atoms with Crippen LogP contribution in [-0.4, -0.2) is 16.2 Å². The van der Waals surface area contributed by atoms with Crippen LogP contribution < -0.4 is 4.74 Å². The maximum atomic E-state index is 9.33. The minimum Gasteiger partial charge on any atom is -0.490 e. The van der Waals surface area contributed by atoms with E-state index in [0.29, 0.717) is 28.6 Å². The van der Waals surface area contributed by atoms with Gasteiger partial charge in [-0.3, -0.25) is 0 Å². The molecule has 0 aliphatic heterocycles. The van der Waals surface area contributed by atoms with E-state index in [1.807, 2.05) is 51.1 Å². The largest absolute Gasteiger partial charge is 0.490 e. The van der Waals surface area contributed by atoms with Crippen molar-refractivity contribution < 1.29 is 9.26 Å². The molecule has 0 amide bonds. The van der Waals surface area contributed by atoms with Gasteiger partial charge in [0.2, 0.25) is 5.82 Å². The van der Waals surface area contributed by atoms with Gasteiger partial charge in [0.25, 0.3) is 5.89 Å². The summed E-state index contributed by atoms with van der Waals surface area (Å²) in [5.74, 6) is 1.46. The lowest BCUT2D eigenvalue weighted by atomic mass is 10.1. The molecule has 0 radical (unpaired) electrons. The summed E-state index contributed by atoms with van der Waals surface area (Å²) in [5, 5.41) is 13.4. The van der Waals surface area contributed by atoms with Crippen molar-refractivity contribution >= 4 is 0 Å². The first-order chi connectivity index (χ1) is 11.6. The lowest BCUT2D eigenvalue weighted by Gasteiger charge is -2.11. The predicted molar refractivity (Wildman–Crippen MR) is 90.4 cm³/mol. The SMILES string of the molecule is Cc1ccccc1-c1nc(-c2ccc(OC(C)C)c(C#N)c2)no1. The molecule has 0 saturated carbocycles. The maximum absolute atomic E-state index is 9.33. The Balaban J connectivity index is 1.96. The number of rotatable bonds is 4. The Bertz CT molecular complexity index is 907. The first kappa shape index (κ1) is 15.8. The standard InChI is InChI=1S/C19H17N3O2/c1-12(2)23-17-9-8-14(10-15(17)11-20)18-21-19(24-22-18)16-7-5-4-6-13(16)3/h4-10,12H,1-3H3. The summed E-state index contributed by atoms with van der Waals surface area (Å²) >= 11 is 0. The zero-order valence-electron chi connectivity index (χ0n) is 13.8. The molecule has 0 bridgehead atoms. The van der Waals surface area contributed by atoms with Crippen molar-refractivity contribution in [3.8, 4) is 34.7 Å². The van der Waals surface area contributed by atoms with Crippen LogP contribution in [0.4, 0.5) is 0 Å². The van der Waals surface area contributed by atoms with Gasteiger partial charge in [-0.05, 0) is 50.6 Å². The molecule has 0 unspecified atom stereocenters. The van der Waals surface area contributed by atoms with E-state index < -0.39 is 0 Å². The van der Waals surface area contributed by atoms with Gasteiger partial charge < -0.3 is 9.26 Å². The first-order valence-corrected chi connectivity index (χ1v) is 7.69. The van der Waals surface area contributed by atoms with Crippen LogP contribution in [0.5, 0.6) is 5.75 Å². The first-order valence-electron chi connectivity index (χ1n) is 7.69. The molecule has 1 aromatic heterocycles. The van der Waals surface area contributed by atoms with Gasteiger partial charge in [0, 0.05) is 11.1 Å². The van der Waals surface area contributed by atoms with Crippen molar-refractivity contribution in [2.45, 2.75) is 26.9 Å². The fourth-order valence-electron chi connectivity index (χ4n) is 2.38. The van der Waals surface area contributed by atoms with Gasteiger partial charge in [-0.2, -0.15) is 10.2 Å². The van der Waals surface area contributed by atoms with Gasteiger partial charge in [0.1, 0.15) is 11.8 Å². The number of aromatic nitrogens is 2. The number of hydrogen-bond donors (Lipinski definition) is 0. The monoisotopic (exact) mass is 319 g/mol. The van der Waals surface area contributed by atoms with Crippen molar-refractivity contribution in [1.29, 1.82) is 5.26 Å². The minimum absolute atomic E-state index is 0.000726. The molecule has 0 spiro atoms. The molecule has 24 heavy (non-hydrogen) atoms. The zero-order chi connectivity index (χ0) is 17.1. The number of hydrogen-bond acceptors (Lipinski definition) is 5. The highest BCUT2D eigenvalue weighted by molar-refractivity contribution is 5.64. The molecule has 0 aliphatic rings. The van der Waals surface area contributed by atoms with Gasteiger partial charge in [0.05, 0.1) is 11.7 Å². The molecule has 0 fully saturated rings. The Morgan fingerprint density at radius 3 is 2.67 bits per heavy atom. The highest BCUT2D eigenvalue weighted by Gasteiger charge is 2.14. The predicted octanol–water partition coefficient (Wildman–Crippen LogP) is 4.37. The minimum atomic E-state index is 0.000726. The lowest BCUT2D eigenvalue weighted by Crippen LogP contribution is -2.06. The van der Waals surface area contributed by atoms with Crippen molar-refractivity contribution in [3.05, 3.63) is 53.6 Å². The second kappa shape index (κ2) is 6.55. The third-order valence-electron chi connectivity index (χ3n) is 3.52. The third kappa shape index (κ3) is 3.13. The summed E-state index contributed by atoms with van der Waals surface area (Å²) < 4.78 is 11.0. The summed E-state index contributed by atoms with van der Waals surface area (Å²) in [6.45, 7) is 5.83. The number of aryl methyl sites for hydroxylation is 1. The summed E-state index contributed by atoms with van der Waals surface area (Å²) in [5.41, 5.74) is 3.12. The highest BCUT2D eigenvalue weighted by atomic mass is 16.5. The molecule has 0 N–H and O–H groups in total. The van der Waals surface area contributed by atoms with Gasteiger partial charge >= 0.3 is 0 Å². The van der Waals surface area contributed by atoms with Gasteiger partial charge in [-0.15, -0.1) is 0 Å². The van der Waals surface area contributed by atoms with E-state index in [9.17, 15) is 5.26 Å². The molecule has 3 rings (SSSR count). The van der Waals surface area contributed by atoms with Crippen molar-refractivity contribution in [3.63, 3.8) is 0 Å². The van der Waals surface area contributed by atoms with Crippen molar-refractivity contribution in [2.24, 2.45) is 0 Å². The second-order valence-electron chi connectivity index (χ2n) is 5.73. The highest BCUT2D eigenvalue weighted by Crippen LogP contribution is 2.28. The van der Waals surface area contributed by atoms with E-state index in [0.717, 1.165) is 11.1 Å². The average molecular weight is 319 g/mol. The molecule has 120 valence electrons. The molecule has 0 aliphatic carbocycles. The van der Waals surface area contributed by atoms with E-state index in [-0.39, 0.29) is 6.10 Å². The van der Waals surface area contributed by atoms with Crippen LogP contribution in [0.25, 0.3) is 22.8 Å². The fraction of sp³-hybridized carbons (Fsp3) is 0.211. The Morgan fingerprint density at radius 1 is 1.17 bits per heavy atom. The summed E-state index contributed by atoms with van der Waals surface area (Å²) in [7, 11) is 0. The molecule has 0 atom stereocenters. The Morgan fingerprint density at radius 2 is 1.96 bits per heavy atom. The molecule has 2 aromatic carbocycles. The molecular formula is C19H17N3O2. The zero-order valence-corrected chi connectivity index (χ0v) is 13.8. The van der Waals surface area contributed by atoms with Crippen LogP contribution in [0.1, 0.15) is 25.0 Å². The van der Waals surface area contributed by atoms with Crippen LogP contribution in [-0.2, 0) is 0 Å².